The summed E-state index contributed by atoms with van der Waals surface area (Å²) in [6.07, 6.45) is 4.15. The minimum absolute atomic E-state index is 0.157. The maximum Gasteiger partial charge on any atom is 0.220 e. The van der Waals surface area contributed by atoms with Gasteiger partial charge < -0.3 is 14.8 Å². The van der Waals surface area contributed by atoms with E-state index < -0.39 is 0 Å². The molecule has 1 saturated carbocycles. The Morgan fingerprint density at radius 1 is 0.673 bits per heavy atom. The quantitative estimate of drug-likeness (QED) is 0.191. The van der Waals surface area contributed by atoms with Crippen molar-refractivity contribution in [2.24, 2.45) is 17.8 Å². The van der Waals surface area contributed by atoms with Gasteiger partial charge in [0, 0.05) is 84.9 Å². The van der Waals surface area contributed by atoms with Crippen LogP contribution in [0.15, 0.2) is 60.7 Å². The Morgan fingerprint density at radius 2 is 1.19 bits per heavy atom. The number of hydrogen-bond donors (Lipinski definition) is 1. The second-order valence-corrected chi connectivity index (χ2v) is 15.5. The number of nitrogens with one attached hydrogen (secondary N) is 1. The van der Waals surface area contributed by atoms with Gasteiger partial charge in [-0.2, -0.15) is 0 Å². The third-order valence-electron chi connectivity index (χ3n) is 11.5. The molecule has 4 aliphatic rings. The number of amides is 1. The zero-order chi connectivity index (χ0) is 35.9. The minimum atomic E-state index is 0.157. The van der Waals surface area contributed by atoms with Crippen LogP contribution in [-0.2, 0) is 22.7 Å². The molecule has 8 rings (SSSR count). The van der Waals surface area contributed by atoms with Crippen LogP contribution >= 0.6 is 23.2 Å². The SMILES string of the molecule is COc1nc(-c2cccc(-c3cccc(-c4ccc(CN5CC[C@H]6CC(=O)N[C@H]6C5)c(OC)n4)c3Cl)c2Cl)ccc1CN1CC[C@@H]2CC(=O)C[C@@H]2C1. The lowest BCUT2D eigenvalue weighted by molar-refractivity contribution is -0.119. The molecule has 2 aromatic heterocycles. The van der Waals surface area contributed by atoms with Gasteiger partial charge in [-0.25, -0.2) is 9.97 Å². The molecule has 1 N–H and O–H groups in total. The molecule has 1 amide bonds. The normalized spacial score (nSPS) is 23.3. The number of aromatic nitrogens is 2. The monoisotopic (exact) mass is 739 g/mol. The Morgan fingerprint density at radius 3 is 1.77 bits per heavy atom. The first-order valence-corrected chi connectivity index (χ1v) is 18.9. The van der Waals surface area contributed by atoms with Crippen molar-refractivity contribution in [3.63, 3.8) is 0 Å². The summed E-state index contributed by atoms with van der Waals surface area (Å²) in [7, 11) is 3.29. The highest BCUT2D eigenvalue weighted by Crippen LogP contribution is 2.43. The summed E-state index contributed by atoms with van der Waals surface area (Å²) in [4.78, 5) is 38.5. The van der Waals surface area contributed by atoms with E-state index in [4.69, 9.17) is 42.6 Å². The molecule has 0 radical (unpaired) electrons. The number of carbonyl (C=O) groups is 2. The molecule has 52 heavy (non-hydrogen) atoms. The van der Waals surface area contributed by atoms with Gasteiger partial charge in [-0.3, -0.25) is 19.4 Å². The first kappa shape index (κ1) is 35.0. The number of rotatable bonds is 9. The molecule has 3 aliphatic heterocycles. The molecule has 11 heteroatoms. The van der Waals surface area contributed by atoms with E-state index in [9.17, 15) is 9.59 Å². The van der Waals surface area contributed by atoms with Crippen LogP contribution in [-0.4, -0.2) is 77.9 Å². The van der Waals surface area contributed by atoms with E-state index >= 15 is 0 Å². The number of carbonyl (C=O) groups excluding carboxylic acids is 2. The van der Waals surface area contributed by atoms with Gasteiger partial charge in [-0.1, -0.05) is 71.7 Å². The number of Topliss-reactive ketones (excluding diaryl/α,β-unsaturated/α-hetero) is 1. The van der Waals surface area contributed by atoms with Crippen LogP contribution < -0.4 is 14.8 Å². The average Bonchev–Trinajstić information content (AvgIpc) is 3.72. The standard InChI is InChI=1S/C41H43Cl2N5O4/c1-51-40-26(20-47-15-13-24-17-29(49)18-28(24)22-47)9-11-34(45-40)32-7-3-5-30(38(32)42)31-6-4-8-33(39(31)43)35-12-10-27(41(46-35)52-2)21-48-16-14-25-19-37(50)44-36(25)23-48/h3-12,24-25,28,36H,13-23H2,1-2H3,(H,44,50)/t24-,25+,28-,36+/m1/s1. The molecule has 2 aromatic carbocycles. The summed E-state index contributed by atoms with van der Waals surface area (Å²) >= 11 is 14.3. The molecular weight excluding hydrogens is 697 g/mol. The first-order valence-electron chi connectivity index (χ1n) is 18.2. The number of halogens is 2. The number of benzene rings is 2. The number of piperidine rings is 2. The van der Waals surface area contributed by atoms with Crippen LogP contribution in [0.3, 0.4) is 0 Å². The fourth-order valence-electron chi connectivity index (χ4n) is 8.78. The van der Waals surface area contributed by atoms with Crippen molar-refractivity contribution in [2.45, 2.75) is 51.2 Å². The van der Waals surface area contributed by atoms with Crippen molar-refractivity contribution in [2.75, 3.05) is 40.4 Å². The summed E-state index contributed by atoms with van der Waals surface area (Å²) in [5.41, 5.74) is 6.54. The van der Waals surface area contributed by atoms with Gasteiger partial charge in [0.1, 0.15) is 5.78 Å². The number of pyridine rings is 2. The van der Waals surface area contributed by atoms with Crippen LogP contribution in [0.4, 0.5) is 0 Å². The minimum Gasteiger partial charge on any atom is -0.481 e. The van der Waals surface area contributed by atoms with Crippen LogP contribution in [0.2, 0.25) is 10.0 Å². The predicted molar refractivity (Wildman–Crippen MR) is 203 cm³/mol. The molecule has 0 unspecified atom stereocenters. The lowest BCUT2D eigenvalue weighted by atomic mass is 9.88. The van der Waals surface area contributed by atoms with Crippen molar-refractivity contribution in [3.05, 3.63) is 81.8 Å². The van der Waals surface area contributed by atoms with Gasteiger partial charge in [-0.15, -0.1) is 0 Å². The molecular formula is C41H43Cl2N5O4. The Bertz CT molecular complexity index is 1880. The Balaban J connectivity index is 1.02. The highest BCUT2D eigenvalue weighted by molar-refractivity contribution is 6.39. The number of methoxy groups -OCH3 is 2. The maximum atomic E-state index is 12.0. The first-order chi connectivity index (χ1) is 25.3. The second-order valence-electron chi connectivity index (χ2n) is 14.7. The van der Waals surface area contributed by atoms with Crippen LogP contribution in [0.25, 0.3) is 33.6 Å². The van der Waals surface area contributed by atoms with Crippen LogP contribution in [0.5, 0.6) is 11.8 Å². The molecule has 1 aliphatic carbocycles. The molecule has 5 heterocycles. The second kappa shape index (κ2) is 14.8. The van der Waals surface area contributed by atoms with Crippen molar-refractivity contribution < 1.29 is 19.1 Å². The van der Waals surface area contributed by atoms with Gasteiger partial charge in [0.2, 0.25) is 17.7 Å². The van der Waals surface area contributed by atoms with Crippen molar-refractivity contribution in [1.29, 1.82) is 0 Å². The summed E-state index contributed by atoms with van der Waals surface area (Å²) in [6.45, 7) is 5.08. The number of nitrogens with zero attached hydrogens (tertiary/aromatic N) is 4. The predicted octanol–water partition coefficient (Wildman–Crippen LogP) is 7.31. The maximum absolute atomic E-state index is 12.0. The van der Waals surface area contributed by atoms with Gasteiger partial charge in [0.15, 0.2) is 0 Å². The molecule has 9 nitrogen and oxygen atoms in total. The van der Waals surface area contributed by atoms with E-state index in [-0.39, 0.29) is 11.9 Å². The molecule has 0 spiro atoms. The van der Waals surface area contributed by atoms with E-state index in [1.807, 2.05) is 48.5 Å². The highest BCUT2D eigenvalue weighted by Gasteiger charge is 2.38. The summed E-state index contributed by atoms with van der Waals surface area (Å²) < 4.78 is 11.6. The van der Waals surface area contributed by atoms with E-state index in [1.165, 1.54) is 0 Å². The van der Waals surface area contributed by atoms with E-state index in [1.54, 1.807) is 14.2 Å². The number of ether oxygens (including phenoxy) is 2. The smallest absolute Gasteiger partial charge is 0.220 e. The summed E-state index contributed by atoms with van der Waals surface area (Å²) in [5, 5.41) is 4.21. The Kier molecular flexibility index (Phi) is 9.96. The molecule has 4 aromatic rings. The molecule has 3 saturated heterocycles. The van der Waals surface area contributed by atoms with E-state index in [0.717, 1.165) is 85.4 Å². The fraction of sp³-hybridized carbons (Fsp3) is 0.415. The highest BCUT2D eigenvalue weighted by atomic mass is 35.5. The molecule has 270 valence electrons. The third-order valence-corrected chi connectivity index (χ3v) is 12.3. The number of fused-ring (bicyclic) bond motifs is 2. The fourth-order valence-corrected chi connectivity index (χ4v) is 9.43. The van der Waals surface area contributed by atoms with Gasteiger partial charge in [0.05, 0.1) is 35.7 Å². The number of hydrogen-bond acceptors (Lipinski definition) is 8. The molecule has 4 fully saturated rings. The Hall–Kier alpha value is -4.02. The van der Waals surface area contributed by atoms with Gasteiger partial charge >= 0.3 is 0 Å². The van der Waals surface area contributed by atoms with Crippen molar-refractivity contribution >= 4 is 34.9 Å². The third kappa shape index (κ3) is 6.92. The van der Waals surface area contributed by atoms with Gasteiger partial charge in [-0.05, 0) is 55.8 Å². The lowest BCUT2D eigenvalue weighted by Crippen LogP contribution is -2.46. The van der Waals surface area contributed by atoms with Crippen LogP contribution in [0.1, 0.15) is 43.2 Å². The number of likely N-dealkylation sites (tertiary alicyclic amines) is 2. The molecule has 0 bridgehead atoms. The Labute approximate surface area is 314 Å². The zero-order valence-corrected chi connectivity index (χ0v) is 31.1. The van der Waals surface area contributed by atoms with E-state index in [0.29, 0.717) is 76.1 Å². The zero-order valence-electron chi connectivity index (χ0n) is 29.5. The lowest BCUT2D eigenvalue weighted by Gasteiger charge is -2.34. The average molecular weight is 741 g/mol. The summed E-state index contributed by atoms with van der Waals surface area (Å²) in [5.74, 6) is 3.12. The molecule has 4 atom stereocenters. The topological polar surface area (TPSA) is 96.9 Å². The largest absolute Gasteiger partial charge is 0.481 e. The van der Waals surface area contributed by atoms with Crippen molar-refractivity contribution in [1.82, 2.24) is 25.1 Å². The van der Waals surface area contributed by atoms with Gasteiger partial charge in [0.25, 0.3) is 0 Å². The van der Waals surface area contributed by atoms with Crippen molar-refractivity contribution in [3.8, 4) is 45.4 Å². The summed E-state index contributed by atoms with van der Waals surface area (Å²) in [6, 6.07) is 20.1. The van der Waals surface area contributed by atoms with Crippen LogP contribution in [0, 0.1) is 17.8 Å². The number of ketones is 1. The van der Waals surface area contributed by atoms with E-state index in [2.05, 4.69) is 27.2 Å².